The Kier molecular flexibility index (Phi) is 8.32. The molecule has 1 aromatic rings. The van der Waals surface area contributed by atoms with Crippen molar-refractivity contribution in [3.8, 4) is 0 Å². The molecule has 0 spiro atoms. The van der Waals surface area contributed by atoms with Crippen LogP contribution in [0.2, 0.25) is 0 Å². The molecule has 1 saturated heterocycles. The number of ether oxygens (including phenoxy) is 4. The van der Waals surface area contributed by atoms with Crippen molar-refractivity contribution < 1.29 is 33.3 Å². The molecule has 2 rings (SSSR count). The standard InChI is InChI=1S/C18H21N3O7S/c1-10(22)25-9-14-16(26-11(2)23)17(27-12(3)24)15(20-21-19)18(28-14)29-13-7-5-4-6-8-13/h4-8,14-18H,9H2,1-3H3/t14-,15-,16+,17-,18?/m1/s1. The number of carbonyl (C=O) groups excluding carboxylic acids is 3. The van der Waals surface area contributed by atoms with Gasteiger partial charge >= 0.3 is 17.9 Å². The SMILES string of the molecule is CC(=O)OC[C@H]1OC(Sc2ccccc2)[C@H](N=[N+]=[N-])[C@@H](OC(C)=O)[C@H]1OC(C)=O. The smallest absolute Gasteiger partial charge is 0.303 e. The van der Waals surface area contributed by atoms with E-state index in [0.29, 0.717) is 0 Å². The summed E-state index contributed by atoms with van der Waals surface area (Å²) in [7, 11) is 0. The second kappa shape index (κ2) is 10.7. The Morgan fingerprint density at radius 3 is 2.24 bits per heavy atom. The van der Waals surface area contributed by atoms with E-state index in [0.717, 1.165) is 4.90 Å². The van der Waals surface area contributed by atoms with Gasteiger partial charge in [0.15, 0.2) is 12.2 Å². The first-order chi connectivity index (χ1) is 13.8. The topological polar surface area (TPSA) is 137 Å². The normalized spacial score (nSPS) is 26.0. The first-order valence-corrected chi connectivity index (χ1v) is 9.59. The Morgan fingerprint density at radius 1 is 1.07 bits per heavy atom. The van der Waals surface area contributed by atoms with E-state index in [-0.39, 0.29) is 6.61 Å². The maximum atomic E-state index is 11.7. The van der Waals surface area contributed by atoms with E-state index in [9.17, 15) is 14.4 Å². The van der Waals surface area contributed by atoms with E-state index in [1.54, 1.807) is 0 Å². The predicted molar refractivity (Wildman–Crippen MR) is 102 cm³/mol. The lowest BCUT2D eigenvalue weighted by Gasteiger charge is -2.43. The molecule has 5 atom stereocenters. The number of hydrogen-bond donors (Lipinski definition) is 0. The number of azide groups is 1. The van der Waals surface area contributed by atoms with Crippen LogP contribution in [0, 0.1) is 0 Å². The minimum absolute atomic E-state index is 0.236. The van der Waals surface area contributed by atoms with Crippen molar-refractivity contribution in [1.29, 1.82) is 0 Å². The number of benzene rings is 1. The van der Waals surface area contributed by atoms with Gasteiger partial charge in [0.1, 0.15) is 24.2 Å². The first kappa shape index (κ1) is 22.5. The minimum atomic E-state index is -1.13. The third kappa shape index (κ3) is 6.67. The highest BCUT2D eigenvalue weighted by Crippen LogP contribution is 2.37. The van der Waals surface area contributed by atoms with Crippen LogP contribution in [-0.2, 0) is 33.3 Å². The Labute approximate surface area is 171 Å². The summed E-state index contributed by atoms with van der Waals surface area (Å²) in [5, 5.41) is 3.74. The van der Waals surface area contributed by atoms with Crippen molar-refractivity contribution in [3.63, 3.8) is 0 Å². The summed E-state index contributed by atoms with van der Waals surface area (Å²) in [5.41, 5.74) is 8.25. The highest BCUT2D eigenvalue weighted by atomic mass is 32.2. The molecule has 0 amide bonds. The zero-order valence-electron chi connectivity index (χ0n) is 16.1. The van der Waals surface area contributed by atoms with Crippen LogP contribution >= 0.6 is 11.8 Å². The van der Waals surface area contributed by atoms with Crippen molar-refractivity contribution in [1.82, 2.24) is 0 Å². The van der Waals surface area contributed by atoms with Gasteiger partial charge in [0.05, 0.1) is 0 Å². The van der Waals surface area contributed by atoms with Gasteiger partial charge in [0.2, 0.25) is 0 Å². The fourth-order valence-electron chi connectivity index (χ4n) is 2.80. The summed E-state index contributed by atoms with van der Waals surface area (Å²) in [6, 6.07) is 8.18. The van der Waals surface area contributed by atoms with Gasteiger partial charge in [-0.3, -0.25) is 14.4 Å². The quantitative estimate of drug-likeness (QED) is 0.214. The van der Waals surface area contributed by atoms with Gasteiger partial charge < -0.3 is 18.9 Å². The van der Waals surface area contributed by atoms with E-state index < -0.39 is 47.7 Å². The molecule has 11 heteroatoms. The van der Waals surface area contributed by atoms with Crippen LogP contribution in [0.5, 0.6) is 0 Å². The summed E-state index contributed by atoms with van der Waals surface area (Å²) in [4.78, 5) is 38.3. The van der Waals surface area contributed by atoms with Gasteiger partial charge in [-0.05, 0) is 17.7 Å². The minimum Gasteiger partial charge on any atom is -0.463 e. The number of hydrogen-bond acceptors (Lipinski definition) is 9. The second-order valence-corrected chi connectivity index (χ2v) is 7.29. The van der Waals surface area contributed by atoms with E-state index in [1.807, 2.05) is 30.3 Å². The number of thioether (sulfide) groups is 1. The lowest BCUT2D eigenvalue weighted by Crippen LogP contribution is -2.59. The molecule has 156 valence electrons. The molecule has 0 N–H and O–H groups in total. The van der Waals surface area contributed by atoms with Crippen molar-refractivity contribution >= 4 is 29.7 Å². The maximum absolute atomic E-state index is 11.7. The maximum Gasteiger partial charge on any atom is 0.303 e. The third-order valence-electron chi connectivity index (χ3n) is 3.85. The molecule has 10 nitrogen and oxygen atoms in total. The van der Waals surface area contributed by atoms with E-state index in [1.165, 1.54) is 32.5 Å². The fraction of sp³-hybridized carbons (Fsp3) is 0.500. The molecule has 1 aliphatic rings. The molecule has 0 bridgehead atoms. The Morgan fingerprint density at radius 2 is 1.69 bits per heavy atom. The molecule has 1 aromatic carbocycles. The number of carbonyl (C=O) groups is 3. The lowest BCUT2D eigenvalue weighted by atomic mass is 9.98. The number of rotatable bonds is 7. The van der Waals surface area contributed by atoms with Gasteiger partial charge in [0.25, 0.3) is 0 Å². The average Bonchev–Trinajstić information content (AvgIpc) is 2.65. The van der Waals surface area contributed by atoms with Crippen LogP contribution in [0.3, 0.4) is 0 Å². The van der Waals surface area contributed by atoms with E-state index >= 15 is 0 Å². The molecule has 0 aliphatic carbocycles. The van der Waals surface area contributed by atoms with Crippen molar-refractivity contribution in [3.05, 3.63) is 40.8 Å². The van der Waals surface area contributed by atoms with Crippen molar-refractivity contribution in [2.24, 2.45) is 5.11 Å². The van der Waals surface area contributed by atoms with Crippen molar-refractivity contribution in [2.45, 2.75) is 55.5 Å². The largest absolute Gasteiger partial charge is 0.463 e. The molecular weight excluding hydrogens is 402 g/mol. The number of esters is 3. The van der Waals surface area contributed by atoms with Gasteiger partial charge in [-0.25, -0.2) is 0 Å². The molecule has 0 radical (unpaired) electrons. The molecule has 29 heavy (non-hydrogen) atoms. The molecule has 1 aliphatic heterocycles. The highest BCUT2D eigenvalue weighted by Gasteiger charge is 2.50. The Hall–Kier alpha value is -2.75. The summed E-state index contributed by atoms with van der Waals surface area (Å²) in [5.74, 6) is -1.86. The number of nitrogens with zero attached hydrogens (tertiary/aromatic N) is 3. The van der Waals surface area contributed by atoms with Gasteiger partial charge in [-0.2, -0.15) is 0 Å². The van der Waals surface area contributed by atoms with E-state index in [2.05, 4.69) is 10.0 Å². The van der Waals surface area contributed by atoms with E-state index in [4.69, 9.17) is 24.5 Å². The first-order valence-electron chi connectivity index (χ1n) is 8.71. The summed E-state index contributed by atoms with van der Waals surface area (Å²) >= 11 is 1.24. The predicted octanol–water partition coefficient (Wildman–Crippen LogP) is 2.61. The van der Waals surface area contributed by atoms with Crippen LogP contribution in [0.15, 0.2) is 40.3 Å². The monoisotopic (exact) mass is 423 g/mol. The molecule has 1 unspecified atom stereocenters. The highest BCUT2D eigenvalue weighted by molar-refractivity contribution is 7.99. The summed E-state index contributed by atoms with van der Waals surface area (Å²) < 4.78 is 21.7. The molecule has 0 aromatic heterocycles. The van der Waals surface area contributed by atoms with Crippen LogP contribution < -0.4 is 0 Å². The lowest BCUT2D eigenvalue weighted by molar-refractivity contribution is -0.208. The third-order valence-corrected chi connectivity index (χ3v) is 5.02. The summed E-state index contributed by atoms with van der Waals surface area (Å²) in [6.45, 7) is 3.36. The van der Waals surface area contributed by atoms with Crippen LogP contribution in [0.1, 0.15) is 20.8 Å². The van der Waals surface area contributed by atoms with Crippen molar-refractivity contribution in [2.75, 3.05) is 6.61 Å². The van der Waals surface area contributed by atoms with Crippen LogP contribution in [0.25, 0.3) is 10.4 Å². The zero-order chi connectivity index (χ0) is 21.4. The molecule has 1 fully saturated rings. The zero-order valence-corrected chi connectivity index (χ0v) is 16.9. The van der Waals surface area contributed by atoms with Gasteiger partial charge in [-0.15, -0.1) is 0 Å². The second-order valence-electron chi connectivity index (χ2n) is 6.12. The van der Waals surface area contributed by atoms with Gasteiger partial charge in [-0.1, -0.05) is 35.1 Å². The fourth-order valence-corrected chi connectivity index (χ4v) is 3.93. The Balaban J connectivity index is 2.41. The molecular formula is C18H21N3O7S. The average molecular weight is 423 g/mol. The van der Waals surface area contributed by atoms with Gasteiger partial charge in [0, 0.05) is 30.6 Å². The molecule has 1 heterocycles. The van der Waals surface area contributed by atoms with Crippen LogP contribution in [0.4, 0.5) is 0 Å². The molecule has 0 saturated carbocycles. The Bertz CT molecular complexity index is 785. The summed E-state index contributed by atoms with van der Waals surface area (Å²) in [6.07, 6.45) is -3.18. The van der Waals surface area contributed by atoms with Crippen LogP contribution in [-0.4, -0.2) is 54.3 Å².